The molecule has 6 nitrogen and oxygen atoms in total. The first-order valence-corrected chi connectivity index (χ1v) is 11.4. The monoisotopic (exact) mass is 474 g/mol. The minimum atomic E-state index is -1.01. The molecule has 0 spiro atoms. The maximum atomic E-state index is 10.8. The maximum absolute atomic E-state index is 10.8. The summed E-state index contributed by atoms with van der Waals surface area (Å²) < 4.78 is 28.9. The number of terminal acetylenes is 1. The summed E-state index contributed by atoms with van der Waals surface area (Å²) in [6, 6.07) is 25.4. The predicted molar refractivity (Wildman–Crippen MR) is 133 cm³/mol. The fourth-order valence-electron chi connectivity index (χ4n) is 4.55. The zero-order chi connectivity index (χ0) is 24.8. The quantitative estimate of drug-likeness (QED) is 0.376. The van der Waals surface area contributed by atoms with Crippen molar-refractivity contribution >= 4 is 0 Å². The summed E-state index contributed by atoms with van der Waals surface area (Å²) in [6.07, 6.45) is 2.73. The number of rotatable bonds is 9. The van der Waals surface area contributed by atoms with Gasteiger partial charge >= 0.3 is 0 Å². The molecule has 1 saturated heterocycles. The van der Waals surface area contributed by atoms with Crippen LogP contribution in [-0.4, -0.2) is 57.5 Å². The molecule has 4 atom stereocenters. The molecular weight excluding hydrogens is 444 g/mol. The van der Waals surface area contributed by atoms with Crippen LogP contribution in [0.15, 0.2) is 78.9 Å². The van der Waals surface area contributed by atoms with Crippen LogP contribution in [0.1, 0.15) is 16.7 Å². The van der Waals surface area contributed by atoms with Crippen LogP contribution in [0.25, 0.3) is 0 Å². The van der Waals surface area contributed by atoms with Crippen LogP contribution >= 0.6 is 0 Å². The van der Waals surface area contributed by atoms with Gasteiger partial charge in [0, 0.05) is 7.11 Å². The summed E-state index contributed by atoms with van der Waals surface area (Å²) in [5.41, 5.74) is 1.68. The molecular formula is C29H30O6. The summed E-state index contributed by atoms with van der Waals surface area (Å²) in [4.78, 5) is 0. The number of aliphatic hydroxyl groups excluding tert-OH is 1. The van der Waals surface area contributed by atoms with Gasteiger partial charge in [-0.2, -0.15) is 0 Å². The molecule has 3 aromatic rings. The lowest BCUT2D eigenvalue weighted by atomic mass is 9.80. The average molecular weight is 475 g/mol. The normalized spacial score (nSPS) is 21.9. The van der Waals surface area contributed by atoms with Gasteiger partial charge in [-0.3, -0.25) is 0 Å². The van der Waals surface area contributed by atoms with Crippen molar-refractivity contribution in [3.63, 3.8) is 0 Å². The first-order chi connectivity index (χ1) is 17.1. The molecule has 35 heavy (non-hydrogen) atoms. The van der Waals surface area contributed by atoms with E-state index in [0.29, 0.717) is 0 Å². The van der Waals surface area contributed by atoms with Crippen molar-refractivity contribution in [2.75, 3.05) is 27.9 Å². The van der Waals surface area contributed by atoms with Gasteiger partial charge in [0.25, 0.3) is 0 Å². The average Bonchev–Trinajstić information content (AvgIpc) is 3.24. The van der Waals surface area contributed by atoms with Crippen molar-refractivity contribution in [3.05, 3.63) is 95.6 Å². The number of hydrogen-bond acceptors (Lipinski definition) is 6. The highest BCUT2D eigenvalue weighted by atomic mass is 16.6. The molecule has 0 aliphatic carbocycles. The highest BCUT2D eigenvalue weighted by Crippen LogP contribution is 2.42. The first kappa shape index (κ1) is 24.8. The van der Waals surface area contributed by atoms with E-state index in [4.69, 9.17) is 30.1 Å². The lowest BCUT2D eigenvalue weighted by Crippen LogP contribution is -2.40. The van der Waals surface area contributed by atoms with Gasteiger partial charge < -0.3 is 28.8 Å². The SMILES string of the molecule is C#C[C@@H]1O[C@H](COC(c2ccccc2)(c2ccc(OC)cc2)c2ccc(OC)cc2)[C@@H](O)[C@H]1OC. The number of aliphatic hydroxyl groups is 1. The predicted octanol–water partition coefficient (Wildman–Crippen LogP) is 3.79. The third-order valence-corrected chi connectivity index (χ3v) is 6.41. The topological polar surface area (TPSA) is 66.4 Å². The molecule has 1 aliphatic heterocycles. The number of methoxy groups -OCH3 is 3. The van der Waals surface area contributed by atoms with E-state index in [-0.39, 0.29) is 6.61 Å². The molecule has 0 bridgehead atoms. The van der Waals surface area contributed by atoms with E-state index in [0.717, 1.165) is 28.2 Å². The van der Waals surface area contributed by atoms with E-state index in [1.54, 1.807) is 14.2 Å². The van der Waals surface area contributed by atoms with E-state index in [1.165, 1.54) is 7.11 Å². The summed E-state index contributed by atoms with van der Waals surface area (Å²) in [6.45, 7) is 0.0756. The second-order valence-corrected chi connectivity index (χ2v) is 8.27. The summed E-state index contributed by atoms with van der Waals surface area (Å²) in [5.74, 6) is 4.02. The highest BCUT2D eigenvalue weighted by Gasteiger charge is 2.46. The summed E-state index contributed by atoms with van der Waals surface area (Å²) in [5, 5.41) is 10.8. The van der Waals surface area contributed by atoms with E-state index in [1.807, 2.05) is 78.9 Å². The van der Waals surface area contributed by atoms with Crippen LogP contribution in [0.2, 0.25) is 0 Å². The van der Waals surface area contributed by atoms with Crippen molar-refractivity contribution in [2.45, 2.75) is 30.0 Å². The second kappa shape index (κ2) is 10.9. The van der Waals surface area contributed by atoms with E-state index < -0.39 is 30.0 Å². The van der Waals surface area contributed by atoms with E-state index in [2.05, 4.69) is 5.92 Å². The molecule has 1 N–H and O–H groups in total. The number of ether oxygens (including phenoxy) is 5. The molecule has 1 heterocycles. The Kier molecular flexibility index (Phi) is 7.74. The Hall–Kier alpha value is -3.34. The van der Waals surface area contributed by atoms with Crippen molar-refractivity contribution in [3.8, 4) is 23.8 Å². The van der Waals surface area contributed by atoms with Crippen LogP contribution in [0.3, 0.4) is 0 Å². The molecule has 1 aliphatic rings. The van der Waals surface area contributed by atoms with Crippen molar-refractivity contribution in [2.24, 2.45) is 0 Å². The third-order valence-electron chi connectivity index (χ3n) is 6.41. The van der Waals surface area contributed by atoms with Crippen LogP contribution < -0.4 is 9.47 Å². The largest absolute Gasteiger partial charge is 0.497 e. The fraction of sp³-hybridized carbons (Fsp3) is 0.310. The van der Waals surface area contributed by atoms with Gasteiger partial charge in [0.05, 0.1) is 20.8 Å². The molecule has 0 aromatic heterocycles. The smallest absolute Gasteiger partial charge is 0.147 e. The standard InChI is InChI=1S/C29H30O6/c1-5-25-28(33-4)27(30)26(35-25)19-34-29(20-9-7-6-8-10-20,21-11-15-23(31-2)16-12-21)22-13-17-24(32-3)18-14-22/h1,6-18,25-28,30H,19H2,2-4H3/t25-,26+,27+,28-/m0/s1. The summed E-state index contributed by atoms with van der Waals surface area (Å²) in [7, 11) is 4.77. The van der Waals surface area contributed by atoms with Crippen LogP contribution in [0.5, 0.6) is 11.5 Å². The fourth-order valence-corrected chi connectivity index (χ4v) is 4.55. The Morgan fingerprint density at radius 3 is 1.77 bits per heavy atom. The molecule has 6 heteroatoms. The lowest BCUT2D eigenvalue weighted by Gasteiger charge is -2.37. The third kappa shape index (κ3) is 4.77. The highest BCUT2D eigenvalue weighted by molar-refractivity contribution is 5.49. The Labute approximate surface area is 206 Å². The minimum Gasteiger partial charge on any atom is -0.497 e. The molecule has 0 amide bonds. The van der Waals surface area contributed by atoms with Gasteiger partial charge in [0.1, 0.15) is 41.5 Å². The van der Waals surface area contributed by atoms with Gasteiger partial charge in [-0.05, 0) is 41.0 Å². The van der Waals surface area contributed by atoms with Gasteiger partial charge in [0.2, 0.25) is 0 Å². The van der Waals surface area contributed by atoms with Gasteiger partial charge in [-0.25, -0.2) is 0 Å². The van der Waals surface area contributed by atoms with E-state index >= 15 is 0 Å². The molecule has 182 valence electrons. The van der Waals surface area contributed by atoms with E-state index in [9.17, 15) is 5.11 Å². The van der Waals surface area contributed by atoms with Crippen molar-refractivity contribution in [1.82, 2.24) is 0 Å². The molecule has 4 rings (SSSR count). The Morgan fingerprint density at radius 2 is 1.34 bits per heavy atom. The van der Waals surface area contributed by atoms with Crippen molar-refractivity contribution in [1.29, 1.82) is 0 Å². The van der Waals surface area contributed by atoms with Crippen molar-refractivity contribution < 1.29 is 28.8 Å². The maximum Gasteiger partial charge on any atom is 0.147 e. The first-order valence-electron chi connectivity index (χ1n) is 11.4. The molecule has 0 saturated carbocycles. The number of benzene rings is 3. The Bertz CT molecular complexity index is 1070. The van der Waals surface area contributed by atoms with Gasteiger partial charge in [-0.1, -0.05) is 60.5 Å². The lowest BCUT2D eigenvalue weighted by molar-refractivity contribution is -0.0773. The van der Waals surface area contributed by atoms with Crippen LogP contribution in [-0.2, 0) is 19.8 Å². The molecule has 1 fully saturated rings. The molecule has 0 radical (unpaired) electrons. The second-order valence-electron chi connectivity index (χ2n) is 8.27. The minimum absolute atomic E-state index is 0.0756. The molecule has 0 unspecified atom stereocenters. The number of hydrogen-bond donors (Lipinski definition) is 1. The van der Waals surface area contributed by atoms with Crippen LogP contribution in [0, 0.1) is 12.3 Å². The van der Waals surface area contributed by atoms with Crippen LogP contribution in [0.4, 0.5) is 0 Å². The van der Waals surface area contributed by atoms with Gasteiger partial charge in [-0.15, -0.1) is 6.42 Å². The summed E-state index contributed by atoms with van der Waals surface area (Å²) >= 11 is 0. The van der Waals surface area contributed by atoms with Gasteiger partial charge in [0.15, 0.2) is 0 Å². The molecule has 3 aromatic carbocycles. The zero-order valence-corrected chi connectivity index (χ0v) is 20.1. The Balaban J connectivity index is 1.81. The Morgan fingerprint density at radius 1 is 0.829 bits per heavy atom. The zero-order valence-electron chi connectivity index (χ0n) is 20.1.